The van der Waals surface area contributed by atoms with Crippen molar-refractivity contribution < 1.29 is 4.74 Å². The van der Waals surface area contributed by atoms with E-state index in [0.717, 1.165) is 44.9 Å². The third kappa shape index (κ3) is 4.97. The maximum atomic E-state index is 5.74. The molecule has 1 N–H and O–H groups in total. The molecule has 1 aromatic rings. The van der Waals surface area contributed by atoms with Crippen LogP contribution in [0, 0.1) is 0 Å². The second kappa shape index (κ2) is 7.76. The molecule has 1 atom stereocenters. The number of hydrogen-bond acceptors (Lipinski definition) is 4. The van der Waals surface area contributed by atoms with E-state index in [-0.39, 0.29) is 6.10 Å². The number of nitrogens with one attached hydrogen (secondary N) is 1. The van der Waals surface area contributed by atoms with Gasteiger partial charge in [-0.25, -0.2) is 4.98 Å². The van der Waals surface area contributed by atoms with Gasteiger partial charge in [0, 0.05) is 38.0 Å². The molecule has 1 unspecified atom stereocenters. The summed E-state index contributed by atoms with van der Waals surface area (Å²) in [6.07, 6.45) is 2.32. The van der Waals surface area contributed by atoms with Crippen LogP contribution in [0.2, 0.25) is 0 Å². The van der Waals surface area contributed by atoms with Crippen LogP contribution in [0.3, 0.4) is 0 Å². The molecular formula is C17H29N3O. The molecule has 1 aliphatic heterocycles. The lowest BCUT2D eigenvalue weighted by Crippen LogP contribution is -2.31. The highest BCUT2D eigenvalue weighted by molar-refractivity contribution is 5.43. The molecule has 2 rings (SSSR count). The van der Waals surface area contributed by atoms with E-state index < -0.39 is 0 Å². The Bertz CT molecular complexity index is 448. The normalized spacial score (nSPS) is 19.9. The number of aryl methyl sites for hydroxylation is 1. The SMILES string of the molecule is CCc1cc(CNC(C)C)cc(N2CCCOC(C)C2)n1. The average Bonchev–Trinajstić information content (AvgIpc) is 2.69. The van der Waals surface area contributed by atoms with Crippen molar-refractivity contribution in [1.29, 1.82) is 0 Å². The smallest absolute Gasteiger partial charge is 0.129 e. The predicted octanol–water partition coefficient (Wildman–Crippen LogP) is 2.76. The van der Waals surface area contributed by atoms with Crippen LogP contribution in [-0.2, 0) is 17.7 Å². The molecule has 0 saturated carbocycles. The van der Waals surface area contributed by atoms with Crippen LogP contribution in [0.5, 0.6) is 0 Å². The average molecular weight is 291 g/mol. The molecule has 1 aliphatic rings. The van der Waals surface area contributed by atoms with E-state index in [2.05, 4.69) is 50.0 Å². The van der Waals surface area contributed by atoms with Gasteiger partial charge in [0.15, 0.2) is 0 Å². The van der Waals surface area contributed by atoms with Gasteiger partial charge in [-0.1, -0.05) is 20.8 Å². The molecule has 0 aromatic carbocycles. The zero-order chi connectivity index (χ0) is 15.2. The molecule has 0 bridgehead atoms. The van der Waals surface area contributed by atoms with Crippen LogP contribution in [0.15, 0.2) is 12.1 Å². The van der Waals surface area contributed by atoms with Crippen LogP contribution in [-0.4, -0.2) is 36.8 Å². The molecular weight excluding hydrogens is 262 g/mol. The number of pyridine rings is 1. The molecule has 2 heterocycles. The zero-order valence-corrected chi connectivity index (χ0v) is 13.9. The van der Waals surface area contributed by atoms with Gasteiger partial charge in [-0.2, -0.15) is 0 Å². The Hall–Kier alpha value is -1.13. The second-order valence-corrected chi connectivity index (χ2v) is 6.20. The lowest BCUT2D eigenvalue weighted by Gasteiger charge is -2.24. The van der Waals surface area contributed by atoms with Gasteiger partial charge in [-0.15, -0.1) is 0 Å². The Morgan fingerprint density at radius 1 is 1.43 bits per heavy atom. The van der Waals surface area contributed by atoms with Crippen molar-refractivity contribution >= 4 is 5.82 Å². The number of aromatic nitrogens is 1. The van der Waals surface area contributed by atoms with Crippen molar-refractivity contribution in [3.63, 3.8) is 0 Å². The highest BCUT2D eigenvalue weighted by atomic mass is 16.5. The first-order chi connectivity index (χ1) is 10.1. The van der Waals surface area contributed by atoms with Crippen LogP contribution < -0.4 is 10.2 Å². The molecule has 1 aromatic heterocycles. The van der Waals surface area contributed by atoms with E-state index in [4.69, 9.17) is 9.72 Å². The van der Waals surface area contributed by atoms with Crippen molar-refractivity contribution in [2.24, 2.45) is 0 Å². The highest BCUT2D eigenvalue weighted by Gasteiger charge is 2.17. The van der Waals surface area contributed by atoms with Crippen molar-refractivity contribution in [3.05, 3.63) is 23.4 Å². The number of hydrogen-bond donors (Lipinski definition) is 1. The Morgan fingerprint density at radius 3 is 2.95 bits per heavy atom. The van der Waals surface area contributed by atoms with E-state index in [1.54, 1.807) is 0 Å². The summed E-state index contributed by atoms with van der Waals surface area (Å²) >= 11 is 0. The monoisotopic (exact) mass is 291 g/mol. The lowest BCUT2D eigenvalue weighted by molar-refractivity contribution is 0.0820. The number of ether oxygens (including phenoxy) is 1. The summed E-state index contributed by atoms with van der Waals surface area (Å²) in [6, 6.07) is 4.95. The van der Waals surface area contributed by atoms with Crippen LogP contribution in [0.1, 0.15) is 45.4 Å². The molecule has 21 heavy (non-hydrogen) atoms. The summed E-state index contributed by atoms with van der Waals surface area (Å²) in [5.41, 5.74) is 2.49. The summed E-state index contributed by atoms with van der Waals surface area (Å²) in [5.74, 6) is 1.10. The Morgan fingerprint density at radius 2 is 2.24 bits per heavy atom. The summed E-state index contributed by atoms with van der Waals surface area (Å²) < 4.78 is 5.74. The van der Waals surface area contributed by atoms with Crippen molar-refractivity contribution in [1.82, 2.24) is 10.3 Å². The number of anilines is 1. The third-order valence-electron chi connectivity index (χ3n) is 3.78. The van der Waals surface area contributed by atoms with Gasteiger partial charge in [0.05, 0.1) is 6.10 Å². The number of rotatable bonds is 5. The molecule has 1 saturated heterocycles. The summed E-state index contributed by atoms with van der Waals surface area (Å²) in [5, 5.41) is 3.49. The Kier molecular flexibility index (Phi) is 6.00. The first-order valence-electron chi connectivity index (χ1n) is 8.18. The molecule has 0 aliphatic carbocycles. The van der Waals surface area contributed by atoms with Gasteiger partial charge in [0.1, 0.15) is 5.82 Å². The molecule has 0 amide bonds. The minimum absolute atomic E-state index is 0.275. The second-order valence-electron chi connectivity index (χ2n) is 6.20. The maximum Gasteiger partial charge on any atom is 0.129 e. The summed E-state index contributed by atoms with van der Waals surface area (Å²) in [4.78, 5) is 7.19. The molecule has 118 valence electrons. The van der Waals surface area contributed by atoms with Crippen molar-refractivity contribution in [2.45, 2.75) is 59.2 Å². The summed E-state index contributed by atoms with van der Waals surface area (Å²) in [6.45, 7) is 12.4. The lowest BCUT2D eigenvalue weighted by atomic mass is 10.1. The van der Waals surface area contributed by atoms with Gasteiger partial charge in [0.25, 0.3) is 0 Å². The first-order valence-corrected chi connectivity index (χ1v) is 8.18. The fourth-order valence-electron chi connectivity index (χ4n) is 2.60. The van der Waals surface area contributed by atoms with E-state index >= 15 is 0 Å². The van der Waals surface area contributed by atoms with Crippen molar-refractivity contribution in [3.8, 4) is 0 Å². The molecule has 4 heteroatoms. The number of nitrogens with zero attached hydrogens (tertiary/aromatic N) is 2. The molecule has 0 spiro atoms. The standard InChI is InChI=1S/C17H29N3O/c1-5-16-9-15(11-18-13(2)3)10-17(19-16)20-7-6-8-21-14(4)12-20/h9-10,13-14,18H,5-8,11-12H2,1-4H3. The Balaban J connectivity index is 2.18. The minimum atomic E-state index is 0.275. The van der Waals surface area contributed by atoms with Crippen LogP contribution in [0.4, 0.5) is 5.82 Å². The molecule has 0 radical (unpaired) electrons. The van der Waals surface area contributed by atoms with Gasteiger partial charge in [0.2, 0.25) is 0 Å². The largest absolute Gasteiger partial charge is 0.377 e. The fraction of sp³-hybridized carbons (Fsp3) is 0.706. The highest BCUT2D eigenvalue weighted by Crippen LogP contribution is 2.19. The van der Waals surface area contributed by atoms with E-state index in [1.807, 2.05) is 0 Å². The third-order valence-corrected chi connectivity index (χ3v) is 3.78. The molecule has 4 nitrogen and oxygen atoms in total. The van der Waals surface area contributed by atoms with Crippen molar-refractivity contribution in [2.75, 3.05) is 24.6 Å². The zero-order valence-electron chi connectivity index (χ0n) is 13.9. The van der Waals surface area contributed by atoms with Crippen LogP contribution >= 0.6 is 0 Å². The Labute approximate surface area is 128 Å². The quantitative estimate of drug-likeness (QED) is 0.905. The predicted molar refractivity (Wildman–Crippen MR) is 87.8 cm³/mol. The first kappa shape index (κ1) is 16.2. The maximum absolute atomic E-state index is 5.74. The van der Waals surface area contributed by atoms with E-state index in [1.165, 1.54) is 11.3 Å². The van der Waals surface area contributed by atoms with Gasteiger partial charge >= 0.3 is 0 Å². The van der Waals surface area contributed by atoms with Gasteiger partial charge in [-0.3, -0.25) is 0 Å². The topological polar surface area (TPSA) is 37.4 Å². The van der Waals surface area contributed by atoms with E-state index in [9.17, 15) is 0 Å². The van der Waals surface area contributed by atoms with E-state index in [0.29, 0.717) is 6.04 Å². The van der Waals surface area contributed by atoms with Gasteiger partial charge < -0.3 is 15.0 Å². The summed E-state index contributed by atoms with van der Waals surface area (Å²) in [7, 11) is 0. The molecule has 1 fully saturated rings. The van der Waals surface area contributed by atoms with Gasteiger partial charge in [-0.05, 0) is 37.5 Å². The fourth-order valence-corrected chi connectivity index (χ4v) is 2.60. The van der Waals surface area contributed by atoms with Crippen LogP contribution in [0.25, 0.3) is 0 Å². The minimum Gasteiger partial charge on any atom is -0.377 e.